The standard InChI is InChI=1S/C9H6F2N2O2S/c10-5-2-1-4(7(11)8(5)15)9-13-12-6(3-14)16-9/h1-2,14-15H,3H2. The number of aliphatic hydroxyl groups excluding tert-OH is 1. The largest absolute Gasteiger partial charge is 0.503 e. The van der Waals surface area contributed by atoms with Crippen LogP contribution in [0.3, 0.4) is 0 Å². The minimum Gasteiger partial charge on any atom is -0.503 e. The lowest BCUT2D eigenvalue weighted by atomic mass is 10.2. The van der Waals surface area contributed by atoms with Crippen molar-refractivity contribution >= 4 is 11.3 Å². The fourth-order valence-corrected chi connectivity index (χ4v) is 1.85. The maximum atomic E-state index is 13.4. The summed E-state index contributed by atoms with van der Waals surface area (Å²) in [6.45, 7) is -0.299. The van der Waals surface area contributed by atoms with Crippen LogP contribution in [0.4, 0.5) is 8.78 Å². The molecule has 7 heteroatoms. The van der Waals surface area contributed by atoms with Gasteiger partial charge in [-0.1, -0.05) is 11.3 Å². The predicted octanol–water partition coefficient (Wildman–Crippen LogP) is 1.68. The van der Waals surface area contributed by atoms with Crippen LogP contribution in [0.25, 0.3) is 10.6 Å². The summed E-state index contributed by atoms with van der Waals surface area (Å²) in [7, 11) is 0. The third-order valence-corrected chi connectivity index (χ3v) is 2.84. The van der Waals surface area contributed by atoms with E-state index < -0.39 is 17.4 Å². The van der Waals surface area contributed by atoms with E-state index >= 15 is 0 Å². The summed E-state index contributed by atoms with van der Waals surface area (Å²) in [5, 5.41) is 25.5. The van der Waals surface area contributed by atoms with Crippen molar-refractivity contribution in [3.8, 4) is 16.3 Å². The first-order chi connectivity index (χ1) is 7.63. The van der Waals surface area contributed by atoms with Crippen molar-refractivity contribution in [2.75, 3.05) is 0 Å². The third kappa shape index (κ3) is 1.74. The highest BCUT2D eigenvalue weighted by Gasteiger charge is 2.16. The number of aromatic hydroxyl groups is 1. The first kappa shape index (κ1) is 10.9. The lowest BCUT2D eigenvalue weighted by molar-refractivity contribution is 0.280. The molecule has 16 heavy (non-hydrogen) atoms. The molecule has 0 bridgehead atoms. The van der Waals surface area contributed by atoms with Crippen LogP contribution in [0, 0.1) is 11.6 Å². The zero-order valence-electron chi connectivity index (χ0n) is 7.81. The second kappa shape index (κ2) is 4.11. The van der Waals surface area contributed by atoms with Gasteiger partial charge in [-0.15, -0.1) is 10.2 Å². The number of hydrogen-bond acceptors (Lipinski definition) is 5. The Balaban J connectivity index is 2.52. The number of phenolic OH excluding ortho intramolecular Hbond substituents is 1. The van der Waals surface area contributed by atoms with E-state index in [-0.39, 0.29) is 17.2 Å². The molecule has 1 aromatic carbocycles. The van der Waals surface area contributed by atoms with Crippen LogP contribution in [0.15, 0.2) is 12.1 Å². The number of aliphatic hydroxyl groups is 1. The molecule has 0 saturated heterocycles. The van der Waals surface area contributed by atoms with E-state index in [1.165, 1.54) is 0 Å². The fourth-order valence-electron chi connectivity index (χ4n) is 1.13. The van der Waals surface area contributed by atoms with E-state index in [0.29, 0.717) is 5.01 Å². The first-order valence-electron chi connectivity index (χ1n) is 4.24. The Kier molecular flexibility index (Phi) is 2.80. The molecule has 0 aliphatic heterocycles. The molecule has 84 valence electrons. The second-order valence-corrected chi connectivity index (χ2v) is 3.98. The SMILES string of the molecule is OCc1nnc(-c2ccc(F)c(O)c2F)s1. The highest BCUT2D eigenvalue weighted by molar-refractivity contribution is 7.14. The third-order valence-electron chi connectivity index (χ3n) is 1.90. The highest BCUT2D eigenvalue weighted by Crippen LogP contribution is 2.32. The lowest BCUT2D eigenvalue weighted by Crippen LogP contribution is -1.88. The van der Waals surface area contributed by atoms with Crippen molar-refractivity contribution in [1.29, 1.82) is 0 Å². The van der Waals surface area contributed by atoms with Crippen molar-refractivity contribution in [3.63, 3.8) is 0 Å². The van der Waals surface area contributed by atoms with Gasteiger partial charge in [0.05, 0.1) is 12.2 Å². The summed E-state index contributed by atoms with van der Waals surface area (Å²) in [6.07, 6.45) is 0. The molecule has 1 aromatic heterocycles. The van der Waals surface area contributed by atoms with E-state index in [2.05, 4.69) is 10.2 Å². The second-order valence-electron chi connectivity index (χ2n) is 2.92. The smallest absolute Gasteiger partial charge is 0.188 e. The average Bonchev–Trinajstić information content (AvgIpc) is 2.74. The van der Waals surface area contributed by atoms with Crippen LogP contribution in [0.1, 0.15) is 5.01 Å². The number of nitrogens with zero attached hydrogens (tertiary/aromatic N) is 2. The van der Waals surface area contributed by atoms with E-state index in [4.69, 9.17) is 10.2 Å². The van der Waals surface area contributed by atoms with Gasteiger partial charge in [-0.05, 0) is 12.1 Å². The molecule has 0 unspecified atom stereocenters. The van der Waals surface area contributed by atoms with E-state index in [9.17, 15) is 8.78 Å². The Morgan fingerprint density at radius 3 is 2.62 bits per heavy atom. The molecule has 2 aromatic rings. The molecule has 0 amide bonds. The van der Waals surface area contributed by atoms with Crippen LogP contribution in [-0.4, -0.2) is 20.4 Å². The summed E-state index contributed by atoms with van der Waals surface area (Å²) in [6, 6.07) is 2.10. The minimum absolute atomic E-state index is 0.0453. The van der Waals surface area contributed by atoms with Gasteiger partial charge >= 0.3 is 0 Å². The van der Waals surface area contributed by atoms with Gasteiger partial charge in [-0.25, -0.2) is 8.78 Å². The Labute approximate surface area is 92.8 Å². The first-order valence-corrected chi connectivity index (χ1v) is 5.05. The summed E-state index contributed by atoms with van der Waals surface area (Å²) in [4.78, 5) is 0. The van der Waals surface area contributed by atoms with Crippen LogP contribution in [0.5, 0.6) is 5.75 Å². The van der Waals surface area contributed by atoms with Gasteiger partial charge in [0.2, 0.25) is 0 Å². The van der Waals surface area contributed by atoms with Crippen LogP contribution < -0.4 is 0 Å². The number of aromatic nitrogens is 2. The fraction of sp³-hybridized carbons (Fsp3) is 0.111. The molecule has 0 fully saturated rings. The normalized spacial score (nSPS) is 10.7. The quantitative estimate of drug-likeness (QED) is 0.843. The number of benzene rings is 1. The van der Waals surface area contributed by atoms with Gasteiger partial charge in [0.15, 0.2) is 22.4 Å². The molecule has 0 aliphatic carbocycles. The zero-order chi connectivity index (χ0) is 11.7. The summed E-state index contributed by atoms with van der Waals surface area (Å²) in [5.41, 5.74) is -0.0453. The maximum Gasteiger partial charge on any atom is 0.188 e. The number of halogens is 2. The Hall–Kier alpha value is -1.60. The number of phenols is 1. The van der Waals surface area contributed by atoms with Gasteiger partial charge in [0, 0.05) is 0 Å². The molecular weight excluding hydrogens is 238 g/mol. The van der Waals surface area contributed by atoms with Gasteiger partial charge in [-0.3, -0.25) is 0 Å². The number of rotatable bonds is 2. The predicted molar refractivity (Wildman–Crippen MR) is 52.8 cm³/mol. The van der Waals surface area contributed by atoms with Crippen molar-refractivity contribution in [2.24, 2.45) is 0 Å². The molecule has 0 atom stereocenters. The van der Waals surface area contributed by atoms with Crippen LogP contribution >= 0.6 is 11.3 Å². The van der Waals surface area contributed by atoms with Crippen LogP contribution in [0.2, 0.25) is 0 Å². The summed E-state index contributed by atoms with van der Waals surface area (Å²) in [5.74, 6) is -3.16. The van der Waals surface area contributed by atoms with Crippen molar-refractivity contribution in [2.45, 2.75) is 6.61 Å². The van der Waals surface area contributed by atoms with Gasteiger partial charge < -0.3 is 10.2 Å². The minimum atomic E-state index is -1.08. The zero-order valence-corrected chi connectivity index (χ0v) is 8.63. The molecule has 0 aliphatic rings. The van der Waals surface area contributed by atoms with E-state index in [1.807, 2.05) is 0 Å². The van der Waals surface area contributed by atoms with Gasteiger partial charge in [0.25, 0.3) is 0 Å². The highest BCUT2D eigenvalue weighted by atomic mass is 32.1. The van der Waals surface area contributed by atoms with Crippen molar-refractivity contribution < 1.29 is 19.0 Å². The summed E-state index contributed by atoms with van der Waals surface area (Å²) >= 11 is 0.969. The number of hydrogen-bond donors (Lipinski definition) is 2. The Morgan fingerprint density at radius 1 is 1.25 bits per heavy atom. The molecule has 1 heterocycles. The Morgan fingerprint density at radius 2 is 2.00 bits per heavy atom. The molecule has 0 radical (unpaired) electrons. The van der Waals surface area contributed by atoms with Crippen molar-refractivity contribution in [1.82, 2.24) is 10.2 Å². The maximum absolute atomic E-state index is 13.4. The molecule has 4 nitrogen and oxygen atoms in total. The van der Waals surface area contributed by atoms with Crippen molar-refractivity contribution in [3.05, 3.63) is 28.8 Å². The molecule has 0 spiro atoms. The lowest BCUT2D eigenvalue weighted by Gasteiger charge is -2.01. The summed E-state index contributed by atoms with van der Waals surface area (Å²) < 4.78 is 26.2. The molecule has 2 rings (SSSR count). The average molecular weight is 244 g/mol. The van der Waals surface area contributed by atoms with Gasteiger partial charge in [-0.2, -0.15) is 0 Å². The molecule has 0 saturated carbocycles. The van der Waals surface area contributed by atoms with E-state index in [1.54, 1.807) is 0 Å². The van der Waals surface area contributed by atoms with E-state index in [0.717, 1.165) is 23.5 Å². The van der Waals surface area contributed by atoms with Crippen LogP contribution in [-0.2, 0) is 6.61 Å². The topological polar surface area (TPSA) is 66.2 Å². The Bertz CT molecular complexity index is 530. The van der Waals surface area contributed by atoms with Gasteiger partial charge in [0.1, 0.15) is 5.01 Å². The molecule has 2 N–H and O–H groups in total. The monoisotopic (exact) mass is 244 g/mol. The molecular formula is C9H6F2N2O2S.